The van der Waals surface area contributed by atoms with E-state index in [9.17, 15) is 4.79 Å². The van der Waals surface area contributed by atoms with Crippen LogP contribution in [0.2, 0.25) is 0 Å². The summed E-state index contributed by atoms with van der Waals surface area (Å²) in [5.41, 5.74) is 7.15. The van der Waals surface area contributed by atoms with Gasteiger partial charge in [-0.3, -0.25) is 9.69 Å². The second-order valence-electron chi connectivity index (χ2n) is 5.53. The normalized spacial score (nSPS) is 18.9. The first-order valence-electron chi connectivity index (χ1n) is 7.48. The molecule has 1 aromatic rings. The zero-order valence-corrected chi connectivity index (χ0v) is 13.5. The number of benzene rings is 1. The Labute approximate surface area is 133 Å². The molecule has 1 saturated heterocycles. The van der Waals surface area contributed by atoms with Crippen LogP contribution in [0.1, 0.15) is 25.3 Å². The number of amides is 1. The molecule has 2 N–H and O–H groups in total. The molecule has 118 valence electrons. The molecular weight excluding hydrogens is 286 g/mol. The molecule has 1 aliphatic rings. The van der Waals surface area contributed by atoms with Crippen LogP contribution in [-0.4, -0.2) is 47.9 Å². The van der Waals surface area contributed by atoms with Gasteiger partial charge in [0, 0.05) is 25.7 Å². The van der Waals surface area contributed by atoms with Crippen molar-refractivity contribution >= 4 is 18.3 Å². The molecule has 1 atom stereocenters. The van der Waals surface area contributed by atoms with Crippen LogP contribution in [0.4, 0.5) is 0 Å². The Kier molecular flexibility index (Phi) is 7.72. The predicted octanol–water partition coefficient (Wildman–Crippen LogP) is 1.88. The number of halogens is 1. The van der Waals surface area contributed by atoms with E-state index in [-0.39, 0.29) is 24.4 Å². The molecule has 0 saturated carbocycles. The molecule has 4 nitrogen and oxygen atoms in total. The van der Waals surface area contributed by atoms with Gasteiger partial charge in [-0.25, -0.2) is 0 Å². The van der Waals surface area contributed by atoms with Gasteiger partial charge in [-0.1, -0.05) is 30.3 Å². The summed E-state index contributed by atoms with van der Waals surface area (Å²) in [6, 6.07) is 10.4. The van der Waals surface area contributed by atoms with E-state index in [1.807, 2.05) is 30.0 Å². The third-order valence-corrected chi connectivity index (χ3v) is 3.85. The number of likely N-dealkylation sites (N-methyl/N-ethyl adjacent to an activating group) is 1. The molecule has 0 bridgehead atoms. The van der Waals surface area contributed by atoms with E-state index in [0.717, 1.165) is 32.5 Å². The summed E-state index contributed by atoms with van der Waals surface area (Å²) in [6.45, 7) is 5.79. The number of nitrogens with two attached hydrogens (primary N) is 1. The van der Waals surface area contributed by atoms with Crippen LogP contribution in [0, 0.1) is 0 Å². The lowest BCUT2D eigenvalue weighted by Crippen LogP contribution is -2.47. The second kappa shape index (κ2) is 9.03. The zero-order valence-electron chi connectivity index (χ0n) is 12.7. The van der Waals surface area contributed by atoms with Gasteiger partial charge in [-0.05, 0) is 31.9 Å². The molecule has 1 aromatic carbocycles. The smallest absolute Gasteiger partial charge is 0.237 e. The minimum absolute atomic E-state index is 0. The van der Waals surface area contributed by atoms with E-state index in [4.69, 9.17) is 5.73 Å². The van der Waals surface area contributed by atoms with Gasteiger partial charge >= 0.3 is 0 Å². The molecule has 21 heavy (non-hydrogen) atoms. The Balaban J connectivity index is 0.00000220. The first kappa shape index (κ1) is 18.0. The largest absolute Gasteiger partial charge is 0.338 e. The van der Waals surface area contributed by atoms with Gasteiger partial charge in [-0.15, -0.1) is 12.4 Å². The summed E-state index contributed by atoms with van der Waals surface area (Å²) in [7, 11) is 0. The maximum absolute atomic E-state index is 12.4. The Bertz CT molecular complexity index is 427. The van der Waals surface area contributed by atoms with E-state index in [0.29, 0.717) is 13.1 Å². The van der Waals surface area contributed by atoms with Gasteiger partial charge in [0.2, 0.25) is 5.91 Å². The summed E-state index contributed by atoms with van der Waals surface area (Å²) < 4.78 is 0. The lowest BCUT2D eigenvalue weighted by atomic mass is 10.1. The second-order valence-corrected chi connectivity index (χ2v) is 5.53. The summed E-state index contributed by atoms with van der Waals surface area (Å²) in [4.78, 5) is 16.5. The van der Waals surface area contributed by atoms with Crippen LogP contribution in [-0.2, 0) is 11.3 Å². The summed E-state index contributed by atoms with van der Waals surface area (Å²) in [6.07, 6.45) is 2.17. The van der Waals surface area contributed by atoms with Gasteiger partial charge in [-0.2, -0.15) is 0 Å². The van der Waals surface area contributed by atoms with Crippen molar-refractivity contribution in [1.82, 2.24) is 9.80 Å². The average Bonchev–Trinajstić information content (AvgIpc) is 2.45. The summed E-state index contributed by atoms with van der Waals surface area (Å²) in [5.74, 6) is 0.199. The molecule has 0 aromatic heterocycles. The van der Waals surface area contributed by atoms with Crippen molar-refractivity contribution < 1.29 is 4.79 Å². The number of rotatable bonds is 5. The quantitative estimate of drug-likeness (QED) is 0.903. The van der Waals surface area contributed by atoms with Crippen molar-refractivity contribution in [2.45, 2.75) is 32.4 Å². The van der Waals surface area contributed by atoms with Gasteiger partial charge in [0.25, 0.3) is 0 Å². The predicted molar refractivity (Wildman–Crippen MR) is 88.4 cm³/mol. The lowest BCUT2D eigenvalue weighted by molar-refractivity contribution is -0.133. The Morgan fingerprint density at radius 1 is 1.38 bits per heavy atom. The first-order valence-corrected chi connectivity index (χ1v) is 7.48. The monoisotopic (exact) mass is 311 g/mol. The topological polar surface area (TPSA) is 49.6 Å². The third kappa shape index (κ3) is 5.65. The maximum Gasteiger partial charge on any atom is 0.237 e. The van der Waals surface area contributed by atoms with Gasteiger partial charge in [0.15, 0.2) is 0 Å². The van der Waals surface area contributed by atoms with Crippen LogP contribution in [0.15, 0.2) is 30.3 Å². The molecule has 5 heteroatoms. The number of hydrogen-bond donors (Lipinski definition) is 1. The van der Waals surface area contributed by atoms with Crippen LogP contribution in [0.5, 0.6) is 0 Å². The first-order chi connectivity index (χ1) is 9.69. The highest BCUT2D eigenvalue weighted by atomic mass is 35.5. The van der Waals surface area contributed by atoms with Crippen LogP contribution < -0.4 is 5.73 Å². The van der Waals surface area contributed by atoms with Gasteiger partial charge < -0.3 is 10.6 Å². The van der Waals surface area contributed by atoms with Crippen LogP contribution >= 0.6 is 12.4 Å². The third-order valence-electron chi connectivity index (χ3n) is 3.85. The van der Waals surface area contributed by atoms with Crippen molar-refractivity contribution in [1.29, 1.82) is 0 Å². The minimum atomic E-state index is 0. The van der Waals surface area contributed by atoms with E-state index in [1.54, 1.807) is 0 Å². The van der Waals surface area contributed by atoms with Crippen molar-refractivity contribution in [3.63, 3.8) is 0 Å². The van der Waals surface area contributed by atoms with Crippen molar-refractivity contribution in [3.05, 3.63) is 35.9 Å². The van der Waals surface area contributed by atoms with Crippen LogP contribution in [0.25, 0.3) is 0 Å². The van der Waals surface area contributed by atoms with Gasteiger partial charge in [0.1, 0.15) is 0 Å². The molecule has 1 heterocycles. The van der Waals surface area contributed by atoms with Crippen molar-refractivity contribution in [2.24, 2.45) is 5.73 Å². The average molecular weight is 312 g/mol. The molecule has 1 fully saturated rings. The van der Waals surface area contributed by atoms with Crippen LogP contribution in [0.3, 0.4) is 0 Å². The standard InChI is InChI=1S/C16H25N3O.ClH/c1-2-19(11-14-7-4-3-5-8-14)16(20)13-18-10-6-9-15(17)12-18;/h3-5,7-8,15H,2,6,9-13,17H2,1H3;1H/t15-;/m1./s1. The van der Waals surface area contributed by atoms with E-state index in [1.165, 1.54) is 5.56 Å². The fourth-order valence-corrected chi connectivity index (χ4v) is 2.71. The number of hydrogen-bond acceptors (Lipinski definition) is 3. The van der Waals surface area contributed by atoms with E-state index >= 15 is 0 Å². The fourth-order valence-electron chi connectivity index (χ4n) is 2.71. The highest BCUT2D eigenvalue weighted by Gasteiger charge is 2.21. The number of nitrogens with zero attached hydrogens (tertiary/aromatic N) is 2. The molecule has 0 unspecified atom stereocenters. The molecular formula is C16H26ClN3O. The SMILES string of the molecule is CCN(Cc1ccccc1)C(=O)CN1CCC[C@@H](N)C1.Cl. The van der Waals surface area contributed by atoms with E-state index < -0.39 is 0 Å². The van der Waals surface area contributed by atoms with Crippen molar-refractivity contribution in [3.8, 4) is 0 Å². The fraction of sp³-hybridized carbons (Fsp3) is 0.562. The Morgan fingerprint density at radius 2 is 2.10 bits per heavy atom. The van der Waals surface area contributed by atoms with Gasteiger partial charge in [0.05, 0.1) is 6.54 Å². The number of carbonyl (C=O) groups excluding carboxylic acids is 1. The number of likely N-dealkylation sites (tertiary alicyclic amines) is 1. The maximum atomic E-state index is 12.4. The summed E-state index contributed by atoms with van der Waals surface area (Å²) >= 11 is 0. The van der Waals surface area contributed by atoms with E-state index in [2.05, 4.69) is 17.0 Å². The molecule has 0 aliphatic carbocycles. The minimum Gasteiger partial charge on any atom is -0.338 e. The lowest BCUT2D eigenvalue weighted by Gasteiger charge is -2.32. The Hall–Kier alpha value is -1.10. The molecule has 0 spiro atoms. The number of piperidine rings is 1. The summed E-state index contributed by atoms with van der Waals surface area (Å²) in [5, 5.41) is 0. The zero-order chi connectivity index (χ0) is 14.4. The molecule has 0 radical (unpaired) electrons. The molecule has 1 amide bonds. The Morgan fingerprint density at radius 3 is 2.71 bits per heavy atom. The molecule has 1 aliphatic heterocycles. The molecule has 2 rings (SSSR count). The van der Waals surface area contributed by atoms with Crippen molar-refractivity contribution in [2.75, 3.05) is 26.2 Å². The highest BCUT2D eigenvalue weighted by molar-refractivity contribution is 5.85. The number of carbonyl (C=O) groups is 1. The highest BCUT2D eigenvalue weighted by Crippen LogP contribution is 2.10.